The number of aromatic nitrogens is 2. The lowest BCUT2D eigenvalue weighted by molar-refractivity contribution is -0.132. The number of alkyl halides is 2. The van der Waals surface area contributed by atoms with E-state index in [1.807, 2.05) is 60.7 Å². The molecule has 152 valence electrons. The first-order valence-corrected chi connectivity index (χ1v) is 9.31. The molecule has 0 atom stereocenters. The van der Waals surface area contributed by atoms with Crippen LogP contribution in [0.5, 0.6) is 0 Å². The topological polar surface area (TPSA) is 41.4 Å². The van der Waals surface area contributed by atoms with E-state index in [2.05, 4.69) is 4.98 Å². The molecule has 0 aliphatic carbocycles. The molecular formula is C22H24F2N4O. The van der Waals surface area contributed by atoms with Crippen LogP contribution < -0.4 is 0 Å². The van der Waals surface area contributed by atoms with Gasteiger partial charge in [0.15, 0.2) is 0 Å². The third-order valence-corrected chi connectivity index (χ3v) is 4.79. The third-order valence-electron chi connectivity index (χ3n) is 4.79. The van der Waals surface area contributed by atoms with Crippen molar-refractivity contribution in [2.24, 2.45) is 0 Å². The lowest BCUT2D eigenvalue weighted by atomic mass is 9.97. The van der Waals surface area contributed by atoms with Crippen LogP contribution in [-0.2, 0) is 11.3 Å². The Labute approximate surface area is 169 Å². The Kier molecular flexibility index (Phi) is 6.72. The average Bonchev–Trinajstić information content (AvgIpc) is 3.18. The molecule has 2 aromatic carbocycles. The maximum Gasteiger partial charge on any atom is 0.319 e. The fourth-order valence-corrected chi connectivity index (χ4v) is 3.34. The molecule has 29 heavy (non-hydrogen) atoms. The minimum atomic E-state index is -2.65. The molecular weight excluding hydrogens is 374 g/mol. The molecule has 0 unspecified atom stereocenters. The Morgan fingerprint density at radius 3 is 2.07 bits per heavy atom. The first kappa shape index (κ1) is 20.7. The van der Waals surface area contributed by atoms with Gasteiger partial charge in [-0.3, -0.25) is 14.3 Å². The van der Waals surface area contributed by atoms with Crippen LogP contribution in [0.1, 0.15) is 29.5 Å². The van der Waals surface area contributed by atoms with Gasteiger partial charge in [0.05, 0.1) is 19.1 Å². The Balaban J connectivity index is 1.75. The number of benzene rings is 2. The highest BCUT2D eigenvalue weighted by Crippen LogP contribution is 2.27. The van der Waals surface area contributed by atoms with Gasteiger partial charge in [-0.05, 0) is 18.2 Å². The molecule has 0 bridgehead atoms. The van der Waals surface area contributed by atoms with Crippen LogP contribution >= 0.6 is 0 Å². The summed E-state index contributed by atoms with van der Waals surface area (Å²) in [5, 5.41) is 0. The molecule has 3 aromatic rings. The summed E-state index contributed by atoms with van der Waals surface area (Å²) in [5.74, 6) is 0.112. The molecule has 0 N–H and O–H groups in total. The van der Waals surface area contributed by atoms with Crippen molar-refractivity contribution in [3.8, 4) is 0 Å². The van der Waals surface area contributed by atoms with Crippen LogP contribution in [0, 0.1) is 0 Å². The zero-order valence-electron chi connectivity index (χ0n) is 16.5. The van der Waals surface area contributed by atoms with Crippen molar-refractivity contribution in [1.29, 1.82) is 0 Å². The maximum atomic E-state index is 13.0. The molecule has 0 saturated carbocycles. The number of carbonyl (C=O) groups is 1. The molecule has 1 aromatic heterocycles. The van der Waals surface area contributed by atoms with E-state index in [9.17, 15) is 13.6 Å². The van der Waals surface area contributed by atoms with Gasteiger partial charge in [0.1, 0.15) is 5.82 Å². The van der Waals surface area contributed by atoms with E-state index in [-0.39, 0.29) is 30.9 Å². The SMILES string of the molecule is CN(CC(=O)N(C)C(c1ccccc1)c1ccccc1)Cc1nccn1C(F)F. The fourth-order valence-electron chi connectivity index (χ4n) is 3.34. The molecule has 1 heterocycles. The van der Waals surface area contributed by atoms with Crippen LogP contribution in [0.15, 0.2) is 73.1 Å². The van der Waals surface area contributed by atoms with Crippen molar-refractivity contribution >= 4 is 5.91 Å². The molecule has 0 fully saturated rings. The van der Waals surface area contributed by atoms with Crippen LogP contribution in [0.4, 0.5) is 8.78 Å². The van der Waals surface area contributed by atoms with Gasteiger partial charge in [-0.1, -0.05) is 60.7 Å². The highest BCUT2D eigenvalue weighted by Gasteiger charge is 2.24. The van der Waals surface area contributed by atoms with E-state index in [4.69, 9.17) is 0 Å². The fraction of sp³-hybridized carbons (Fsp3) is 0.273. The van der Waals surface area contributed by atoms with E-state index < -0.39 is 6.55 Å². The van der Waals surface area contributed by atoms with Crippen LogP contribution in [0.2, 0.25) is 0 Å². The summed E-state index contributed by atoms with van der Waals surface area (Å²) in [5.41, 5.74) is 2.01. The zero-order chi connectivity index (χ0) is 20.8. The number of halogens is 2. The summed E-state index contributed by atoms with van der Waals surface area (Å²) in [6, 6.07) is 19.4. The summed E-state index contributed by atoms with van der Waals surface area (Å²) >= 11 is 0. The van der Waals surface area contributed by atoms with Gasteiger partial charge in [-0.15, -0.1) is 0 Å². The van der Waals surface area contributed by atoms with E-state index in [1.54, 1.807) is 23.9 Å². The van der Waals surface area contributed by atoms with Crippen LogP contribution in [-0.4, -0.2) is 45.9 Å². The number of hydrogen-bond acceptors (Lipinski definition) is 3. The van der Waals surface area contributed by atoms with Gasteiger partial charge in [-0.2, -0.15) is 8.78 Å². The number of likely N-dealkylation sites (N-methyl/N-ethyl adjacent to an activating group) is 2. The number of imidazole rings is 1. The van der Waals surface area contributed by atoms with Crippen molar-refractivity contribution in [3.63, 3.8) is 0 Å². The van der Waals surface area contributed by atoms with Gasteiger partial charge < -0.3 is 4.90 Å². The minimum absolute atomic E-state index is 0.0861. The number of carbonyl (C=O) groups excluding carboxylic acids is 1. The van der Waals surface area contributed by atoms with E-state index in [1.165, 1.54) is 12.4 Å². The summed E-state index contributed by atoms with van der Waals surface area (Å²) in [4.78, 5) is 20.4. The molecule has 3 rings (SSSR count). The smallest absolute Gasteiger partial charge is 0.319 e. The Hall–Kier alpha value is -3.06. The predicted molar refractivity (Wildman–Crippen MR) is 107 cm³/mol. The number of nitrogens with zero attached hydrogens (tertiary/aromatic N) is 4. The first-order valence-electron chi connectivity index (χ1n) is 9.31. The van der Waals surface area contributed by atoms with Crippen LogP contribution in [0.3, 0.4) is 0 Å². The third kappa shape index (κ3) is 5.06. The lowest BCUT2D eigenvalue weighted by Crippen LogP contribution is -2.39. The zero-order valence-corrected chi connectivity index (χ0v) is 16.5. The van der Waals surface area contributed by atoms with E-state index in [0.29, 0.717) is 0 Å². The second-order valence-electron chi connectivity index (χ2n) is 6.93. The van der Waals surface area contributed by atoms with Crippen molar-refractivity contribution in [2.75, 3.05) is 20.6 Å². The van der Waals surface area contributed by atoms with Gasteiger partial charge in [0.2, 0.25) is 5.91 Å². The Bertz CT molecular complexity index is 875. The normalized spacial score (nSPS) is 11.4. The van der Waals surface area contributed by atoms with E-state index >= 15 is 0 Å². The van der Waals surface area contributed by atoms with Gasteiger partial charge in [-0.25, -0.2) is 4.98 Å². The van der Waals surface area contributed by atoms with Crippen molar-refractivity contribution in [1.82, 2.24) is 19.4 Å². The van der Waals surface area contributed by atoms with E-state index in [0.717, 1.165) is 15.7 Å². The molecule has 5 nitrogen and oxygen atoms in total. The van der Waals surface area contributed by atoms with Crippen molar-refractivity contribution < 1.29 is 13.6 Å². The predicted octanol–water partition coefficient (Wildman–Crippen LogP) is 3.96. The lowest BCUT2D eigenvalue weighted by Gasteiger charge is -2.30. The second kappa shape index (κ2) is 9.43. The molecule has 0 spiro atoms. The van der Waals surface area contributed by atoms with Gasteiger partial charge >= 0.3 is 6.55 Å². The Morgan fingerprint density at radius 1 is 1.00 bits per heavy atom. The molecule has 0 aliphatic heterocycles. The largest absolute Gasteiger partial charge is 0.334 e. The second-order valence-corrected chi connectivity index (χ2v) is 6.93. The maximum absolute atomic E-state index is 13.0. The quantitative estimate of drug-likeness (QED) is 0.577. The molecule has 7 heteroatoms. The first-order chi connectivity index (χ1) is 14.0. The molecule has 1 amide bonds. The van der Waals surface area contributed by atoms with Gasteiger partial charge in [0, 0.05) is 19.4 Å². The summed E-state index contributed by atoms with van der Waals surface area (Å²) in [6.07, 6.45) is 2.58. The standard InChI is InChI=1S/C22H24F2N4O/c1-26(15-19-25-13-14-28(19)22(23)24)16-20(29)27(2)21(17-9-5-3-6-10-17)18-11-7-4-8-12-18/h3-14,21-22H,15-16H2,1-2H3. The number of rotatable bonds is 8. The molecule has 0 saturated heterocycles. The molecule has 0 radical (unpaired) electrons. The van der Waals surface area contributed by atoms with Crippen molar-refractivity contribution in [2.45, 2.75) is 19.1 Å². The Morgan fingerprint density at radius 2 is 1.55 bits per heavy atom. The van der Waals surface area contributed by atoms with Gasteiger partial charge in [0.25, 0.3) is 0 Å². The summed E-state index contributed by atoms with van der Waals surface area (Å²) in [7, 11) is 3.48. The van der Waals surface area contributed by atoms with Crippen LogP contribution in [0.25, 0.3) is 0 Å². The number of amides is 1. The highest BCUT2D eigenvalue weighted by atomic mass is 19.3. The summed E-state index contributed by atoms with van der Waals surface area (Å²) in [6.45, 7) is -2.42. The summed E-state index contributed by atoms with van der Waals surface area (Å²) < 4.78 is 26.8. The monoisotopic (exact) mass is 398 g/mol. The molecule has 0 aliphatic rings. The highest BCUT2D eigenvalue weighted by molar-refractivity contribution is 5.79. The average molecular weight is 398 g/mol. The number of hydrogen-bond donors (Lipinski definition) is 0. The minimum Gasteiger partial charge on any atom is -0.334 e. The van der Waals surface area contributed by atoms with Crippen molar-refractivity contribution in [3.05, 3.63) is 90.0 Å².